The minimum Gasteiger partial charge on any atom is -0.0620 e. The molecule has 0 saturated carbocycles. The zero-order valence-electron chi connectivity index (χ0n) is 6.40. The van der Waals surface area contributed by atoms with Gasteiger partial charge in [0.05, 0.1) is 0 Å². The Bertz CT molecular complexity index is 264. The van der Waals surface area contributed by atoms with Crippen LogP contribution in [0.2, 0.25) is 0 Å². The molecule has 0 bridgehead atoms. The molecule has 0 N–H and O–H groups in total. The Morgan fingerprint density at radius 2 is 1.91 bits per heavy atom. The van der Waals surface area contributed by atoms with Crippen molar-refractivity contribution in [1.29, 1.82) is 0 Å². The van der Waals surface area contributed by atoms with Crippen LogP contribution in [0.25, 0.3) is 0 Å². The third-order valence-corrected chi connectivity index (χ3v) is 2.67. The van der Waals surface area contributed by atoms with Gasteiger partial charge in [0.1, 0.15) is 0 Å². The first-order valence-corrected chi connectivity index (χ1v) is 4.81. The van der Waals surface area contributed by atoms with Gasteiger partial charge in [-0.25, -0.2) is 0 Å². The molecule has 0 aliphatic carbocycles. The fourth-order valence-corrected chi connectivity index (χ4v) is 1.71. The fraction of sp³-hybridized carbons (Fsp3) is 0.111. The lowest BCUT2D eigenvalue weighted by Gasteiger charge is -1.80. The van der Waals surface area contributed by atoms with E-state index in [1.807, 2.05) is 43.3 Å². The van der Waals surface area contributed by atoms with E-state index in [2.05, 4.69) is 0 Å². The van der Waals surface area contributed by atoms with Gasteiger partial charge in [0.2, 0.25) is 0 Å². The Morgan fingerprint density at radius 3 is 2.45 bits per heavy atom. The minimum absolute atomic E-state index is 0.889. The molecule has 0 aliphatic heterocycles. The molecule has 2 heteroatoms. The Labute approximate surface area is 67.5 Å². The highest BCUT2D eigenvalue weighted by molar-refractivity contribution is 7.56. The van der Waals surface area contributed by atoms with Crippen LogP contribution in [0.1, 0.15) is 6.92 Å². The van der Waals surface area contributed by atoms with Crippen LogP contribution in [0.15, 0.2) is 42.2 Å². The number of hydrogen-bond donors (Lipinski definition) is 0. The monoisotopic (exact) mass is 165 g/mol. The summed E-state index contributed by atoms with van der Waals surface area (Å²) >= 11 is 0. The molecule has 1 unspecified atom stereocenters. The van der Waals surface area contributed by atoms with E-state index in [1.54, 1.807) is 5.82 Å². The van der Waals surface area contributed by atoms with Crippen LogP contribution < -0.4 is 5.30 Å². The quantitative estimate of drug-likeness (QED) is 0.615. The molecule has 0 aliphatic rings. The van der Waals surface area contributed by atoms with Crippen LogP contribution in [0, 0.1) is 0 Å². The summed E-state index contributed by atoms with van der Waals surface area (Å²) in [5.74, 6) is 1.71. The molecule has 56 valence electrons. The van der Waals surface area contributed by atoms with E-state index in [1.165, 1.54) is 0 Å². The van der Waals surface area contributed by atoms with Crippen molar-refractivity contribution in [2.75, 3.05) is 0 Å². The molecule has 1 rings (SSSR count). The molecular formula is C9H10OP+. The summed E-state index contributed by atoms with van der Waals surface area (Å²) in [6.07, 6.45) is 1.81. The SMILES string of the molecule is CC=C[P+](=O)c1ccccc1. The first-order chi connectivity index (χ1) is 5.34. The van der Waals surface area contributed by atoms with Gasteiger partial charge in [0.15, 0.2) is 11.1 Å². The second-order valence-electron chi connectivity index (χ2n) is 2.14. The Kier molecular flexibility index (Phi) is 3.00. The summed E-state index contributed by atoms with van der Waals surface area (Å²) in [5.41, 5.74) is 0. The van der Waals surface area contributed by atoms with Gasteiger partial charge in [-0.3, -0.25) is 0 Å². The standard InChI is InChI=1S/C9H10OP/c1-2-8-11(10)9-6-4-3-5-7-9/h2-8H,1H3/q+1. The number of allylic oxidation sites excluding steroid dienone is 1. The molecule has 0 heterocycles. The third-order valence-electron chi connectivity index (χ3n) is 1.30. The summed E-state index contributed by atoms with van der Waals surface area (Å²) in [4.78, 5) is 0. The highest BCUT2D eigenvalue weighted by Crippen LogP contribution is 2.20. The van der Waals surface area contributed by atoms with Crippen molar-refractivity contribution in [3.8, 4) is 0 Å². The molecule has 0 spiro atoms. The van der Waals surface area contributed by atoms with Gasteiger partial charge in [-0.2, -0.15) is 0 Å². The average Bonchev–Trinajstić information content (AvgIpc) is 2.07. The highest BCUT2D eigenvalue weighted by atomic mass is 31.1. The summed E-state index contributed by atoms with van der Waals surface area (Å²) in [6, 6.07) is 9.46. The van der Waals surface area contributed by atoms with E-state index in [0.717, 1.165) is 5.30 Å². The lowest BCUT2D eigenvalue weighted by Crippen LogP contribution is -1.90. The smallest absolute Gasteiger partial charge is 0.0620 e. The number of rotatable bonds is 2. The molecule has 0 saturated heterocycles. The molecule has 0 fully saturated rings. The number of hydrogen-bond acceptors (Lipinski definition) is 1. The first kappa shape index (κ1) is 8.16. The third kappa shape index (κ3) is 2.28. The van der Waals surface area contributed by atoms with Crippen molar-refractivity contribution in [2.45, 2.75) is 6.92 Å². The van der Waals surface area contributed by atoms with Gasteiger partial charge in [0, 0.05) is 0 Å². The van der Waals surface area contributed by atoms with Crippen molar-refractivity contribution >= 4 is 13.1 Å². The molecule has 1 aromatic rings. The van der Waals surface area contributed by atoms with Gasteiger partial charge in [0.25, 0.3) is 0 Å². The van der Waals surface area contributed by atoms with E-state index < -0.39 is 7.80 Å². The maximum absolute atomic E-state index is 11.3. The lowest BCUT2D eigenvalue weighted by molar-refractivity contribution is 0.597. The summed E-state index contributed by atoms with van der Waals surface area (Å²) < 4.78 is 11.3. The van der Waals surface area contributed by atoms with Crippen molar-refractivity contribution in [3.63, 3.8) is 0 Å². The normalized spacial score (nSPS) is 11.9. The van der Waals surface area contributed by atoms with Crippen LogP contribution in [-0.4, -0.2) is 0 Å². The second-order valence-corrected chi connectivity index (χ2v) is 3.61. The average molecular weight is 165 g/mol. The number of benzene rings is 1. The molecule has 0 radical (unpaired) electrons. The zero-order valence-corrected chi connectivity index (χ0v) is 7.29. The minimum atomic E-state index is -1.31. The maximum atomic E-state index is 11.3. The molecule has 11 heavy (non-hydrogen) atoms. The Hall–Kier alpha value is -0.940. The predicted molar refractivity (Wildman–Crippen MR) is 48.5 cm³/mol. The highest BCUT2D eigenvalue weighted by Gasteiger charge is 2.12. The molecule has 0 amide bonds. The van der Waals surface area contributed by atoms with Crippen molar-refractivity contribution in [3.05, 3.63) is 42.2 Å². The fourth-order valence-electron chi connectivity index (χ4n) is 0.796. The van der Waals surface area contributed by atoms with Crippen molar-refractivity contribution < 1.29 is 4.57 Å². The van der Waals surface area contributed by atoms with Gasteiger partial charge in [-0.1, -0.05) is 22.8 Å². The molecular weight excluding hydrogens is 155 g/mol. The summed E-state index contributed by atoms with van der Waals surface area (Å²) in [5, 5.41) is 0.889. The summed E-state index contributed by atoms with van der Waals surface area (Å²) in [6.45, 7) is 1.87. The zero-order chi connectivity index (χ0) is 8.10. The molecule has 1 nitrogen and oxygen atoms in total. The first-order valence-electron chi connectivity index (χ1n) is 3.49. The largest absolute Gasteiger partial charge is 0.407 e. The van der Waals surface area contributed by atoms with E-state index in [9.17, 15) is 4.57 Å². The van der Waals surface area contributed by atoms with Crippen LogP contribution in [-0.2, 0) is 4.57 Å². The van der Waals surface area contributed by atoms with Gasteiger partial charge in [-0.05, 0) is 25.1 Å². The predicted octanol–water partition coefficient (Wildman–Crippen LogP) is 2.67. The van der Waals surface area contributed by atoms with Gasteiger partial charge < -0.3 is 0 Å². The van der Waals surface area contributed by atoms with Crippen LogP contribution in [0.3, 0.4) is 0 Å². The van der Waals surface area contributed by atoms with Crippen LogP contribution in [0.4, 0.5) is 0 Å². The molecule has 1 aromatic carbocycles. The van der Waals surface area contributed by atoms with Crippen LogP contribution in [0.5, 0.6) is 0 Å². The Morgan fingerprint density at radius 1 is 1.27 bits per heavy atom. The van der Waals surface area contributed by atoms with Crippen molar-refractivity contribution in [1.82, 2.24) is 0 Å². The second kappa shape index (κ2) is 4.05. The van der Waals surface area contributed by atoms with E-state index in [-0.39, 0.29) is 0 Å². The topological polar surface area (TPSA) is 17.1 Å². The Balaban J connectivity index is 2.86. The molecule has 0 aromatic heterocycles. The summed E-state index contributed by atoms with van der Waals surface area (Å²) in [7, 11) is -1.31. The van der Waals surface area contributed by atoms with Gasteiger partial charge in [-0.15, -0.1) is 0 Å². The maximum Gasteiger partial charge on any atom is 0.407 e. The van der Waals surface area contributed by atoms with E-state index >= 15 is 0 Å². The van der Waals surface area contributed by atoms with E-state index in [4.69, 9.17) is 0 Å². The lowest BCUT2D eigenvalue weighted by atomic mass is 10.4. The van der Waals surface area contributed by atoms with Gasteiger partial charge >= 0.3 is 7.80 Å². The van der Waals surface area contributed by atoms with Crippen molar-refractivity contribution in [2.24, 2.45) is 0 Å². The molecule has 1 atom stereocenters. The van der Waals surface area contributed by atoms with E-state index in [0.29, 0.717) is 0 Å². The van der Waals surface area contributed by atoms with Crippen LogP contribution >= 0.6 is 7.80 Å².